The number of nitrogens with zero attached hydrogens (tertiary/aromatic N) is 5. The molecule has 0 saturated heterocycles. The Labute approximate surface area is 123 Å². The Morgan fingerprint density at radius 3 is 2.86 bits per heavy atom. The van der Waals surface area contributed by atoms with E-state index in [0.29, 0.717) is 21.9 Å². The molecule has 0 aliphatic carbocycles. The van der Waals surface area contributed by atoms with Gasteiger partial charge in [-0.25, -0.2) is 9.37 Å². The van der Waals surface area contributed by atoms with Crippen LogP contribution < -0.4 is 0 Å². The van der Waals surface area contributed by atoms with Gasteiger partial charge in [0.2, 0.25) is 0 Å². The first kappa shape index (κ1) is 11.5. The van der Waals surface area contributed by atoms with Crippen molar-refractivity contribution in [3.05, 3.63) is 54.3 Å². The molecule has 5 nitrogen and oxygen atoms in total. The number of pyridine rings is 2. The molecular weight excluding hydrogens is 281 g/mol. The molecule has 0 bridgehead atoms. The van der Waals surface area contributed by atoms with E-state index in [9.17, 15) is 4.39 Å². The predicted molar refractivity (Wildman–Crippen MR) is 81.1 cm³/mol. The summed E-state index contributed by atoms with van der Waals surface area (Å²) in [5.41, 5.74) is 2.70. The Kier molecular flexibility index (Phi) is 2.06. The van der Waals surface area contributed by atoms with Crippen molar-refractivity contribution in [3.63, 3.8) is 0 Å². The minimum Gasteiger partial charge on any atom is -0.245 e. The number of halogens is 1. The van der Waals surface area contributed by atoms with Crippen LogP contribution in [-0.2, 0) is 0 Å². The number of para-hydroxylation sites is 1. The third-order valence-corrected chi connectivity index (χ3v) is 3.89. The van der Waals surface area contributed by atoms with Crippen molar-refractivity contribution >= 4 is 38.4 Å². The van der Waals surface area contributed by atoms with Crippen molar-refractivity contribution in [2.24, 2.45) is 0 Å². The van der Waals surface area contributed by atoms with Crippen LogP contribution in [0.4, 0.5) is 4.39 Å². The van der Waals surface area contributed by atoms with Crippen LogP contribution in [0.2, 0.25) is 0 Å². The quantitative estimate of drug-likeness (QED) is 0.325. The van der Waals surface area contributed by atoms with Gasteiger partial charge in [0.25, 0.3) is 0 Å². The van der Waals surface area contributed by atoms with Gasteiger partial charge in [0.1, 0.15) is 5.82 Å². The Bertz CT molecular complexity index is 1190. The first-order chi connectivity index (χ1) is 10.8. The number of benzene rings is 2. The van der Waals surface area contributed by atoms with Crippen molar-refractivity contribution in [1.29, 1.82) is 0 Å². The third kappa shape index (κ3) is 1.36. The monoisotopic (exact) mass is 289 g/mol. The van der Waals surface area contributed by atoms with Crippen LogP contribution >= 0.6 is 0 Å². The molecule has 3 aromatic heterocycles. The van der Waals surface area contributed by atoms with Gasteiger partial charge in [-0.15, -0.1) is 5.10 Å². The Morgan fingerprint density at radius 1 is 1.00 bits per heavy atom. The summed E-state index contributed by atoms with van der Waals surface area (Å²) in [6.45, 7) is 0. The molecule has 0 amide bonds. The molecule has 0 saturated carbocycles. The molecule has 22 heavy (non-hydrogen) atoms. The normalized spacial score (nSPS) is 11.9. The summed E-state index contributed by atoms with van der Waals surface area (Å²) in [4.78, 5) is 4.69. The molecule has 0 atom stereocenters. The van der Waals surface area contributed by atoms with Crippen LogP contribution in [0, 0.1) is 5.82 Å². The molecule has 0 aliphatic rings. The second-order valence-electron chi connectivity index (χ2n) is 5.13. The van der Waals surface area contributed by atoms with Crippen LogP contribution in [0.1, 0.15) is 0 Å². The maximum absolute atomic E-state index is 14.3. The molecule has 5 rings (SSSR count). The first-order valence-electron chi connectivity index (χ1n) is 6.81. The molecule has 6 heteroatoms. The fourth-order valence-corrected chi connectivity index (χ4v) is 2.92. The lowest BCUT2D eigenvalue weighted by Gasteiger charge is -2.07. The number of hydrogen-bond donors (Lipinski definition) is 0. The van der Waals surface area contributed by atoms with Crippen LogP contribution in [0.3, 0.4) is 0 Å². The molecule has 0 spiro atoms. The maximum atomic E-state index is 14.3. The second kappa shape index (κ2) is 3.94. The largest absolute Gasteiger partial charge is 0.245 e. The van der Waals surface area contributed by atoms with E-state index in [1.807, 2.05) is 36.4 Å². The Morgan fingerprint density at radius 2 is 1.91 bits per heavy atom. The summed E-state index contributed by atoms with van der Waals surface area (Å²) in [7, 11) is 0. The molecule has 0 radical (unpaired) electrons. The van der Waals surface area contributed by atoms with Crippen LogP contribution in [0.25, 0.3) is 38.4 Å². The zero-order valence-electron chi connectivity index (χ0n) is 11.2. The Balaban J connectivity index is 2.18. The van der Waals surface area contributed by atoms with Crippen LogP contribution in [0.15, 0.2) is 48.5 Å². The van der Waals surface area contributed by atoms with Gasteiger partial charge in [0, 0.05) is 10.8 Å². The zero-order valence-corrected chi connectivity index (χ0v) is 11.2. The van der Waals surface area contributed by atoms with Gasteiger partial charge in [-0.3, -0.25) is 0 Å². The van der Waals surface area contributed by atoms with E-state index in [4.69, 9.17) is 4.98 Å². The zero-order chi connectivity index (χ0) is 14.7. The first-order valence-corrected chi connectivity index (χ1v) is 6.81. The van der Waals surface area contributed by atoms with E-state index in [-0.39, 0.29) is 5.82 Å². The highest BCUT2D eigenvalue weighted by Crippen LogP contribution is 2.30. The summed E-state index contributed by atoms with van der Waals surface area (Å²) in [6, 6.07) is 14.7. The highest BCUT2D eigenvalue weighted by Gasteiger charge is 2.15. The van der Waals surface area contributed by atoms with E-state index >= 15 is 0 Å². The molecular formula is C16H8FN5. The molecule has 3 heterocycles. The van der Waals surface area contributed by atoms with E-state index in [1.54, 1.807) is 10.6 Å². The molecule has 0 N–H and O–H groups in total. The van der Waals surface area contributed by atoms with Gasteiger partial charge >= 0.3 is 0 Å². The standard InChI is InChI=1S/C16H8FN5/c17-11-6-3-5-10-14(11)16-19-20-21-22(16)13-8-9-4-1-2-7-12(9)18-15(10)13/h1-8H. The minimum atomic E-state index is -0.353. The van der Waals surface area contributed by atoms with Crippen molar-refractivity contribution in [2.75, 3.05) is 0 Å². The summed E-state index contributed by atoms with van der Waals surface area (Å²) < 4.78 is 15.8. The molecule has 0 unspecified atom stereocenters. The molecule has 104 valence electrons. The highest BCUT2D eigenvalue weighted by molar-refractivity contribution is 6.11. The topological polar surface area (TPSA) is 56.0 Å². The van der Waals surface area contributed by atoms with Crippen LogP contribution in [-0.4, -0.2) is 25.0 Å². The summed E-state index contributed by atoms with van der Waals surface area (Å²) in [5, 5.41) is 13.7. The van der Waals surface area contributed by atoms with Crippen molar-refractivity contribution in [3.8, 4) is 0 Å². The summed E-state index contributed by atoms with van der Waals surface area (Å²) >= 11 is 0. The van der Waals surface area contributed by atoms with E-state index in [0.717, 1.165) is 16.4 Å². The summed E-state index contributed by atoms with van der Waals surface area (Å²) in [6.07, 6.45) is 0. The molecule has 0 fully saturated rings. The van der Waals surface area contributed by atoms with Gasteiger partial charge in [-0.1, -0.05) is 30.3 Å². The number of rotatable bonds is 0. The summed E-state index contributed by atoms with van der Waals surface area (Å²) in [5.74, 6) is -0.353. The average Bonchev–Trinajstić information content (AvgIpc) is 3.03. The molecule has 2 aromatic carbocycles. The SMILES string of the molecule is Fc1cccc2c3nc4ccccc4cc3n3nnnc3c12. The average molecular weight is 289 g/mol. The predicted octanol–water partition coefficient (Wildman–Crippen LogP) is 3.12. The minimum absolute atomic E-state index is 0.353. The van der Waals surface area contributed by atoms with Gasteiger partial charge in [0.15, 0.2) is 5.65 Å². The van der Waals surface area contributed by atoms with Crippen molar-refractivity contribution in [1.82, 2.24) is 25.0 Å². The maximum Gasteiger partial charge on any atom is 0.190 e. The Hall–Kier alpha value is -3.15. The smallest absolute Gasteiger partial charge is 0.190 e. The lowest BCUT2D eigenvalue weighted by atomic mass is 10.1. The third-order valence-electron chi connectivity index (χ3n) is 3.89. The fourth-order valence-electron chi connectivity index (χ4n) is 2.92. The number of tetrazole rings is 1. The van der Waals surface area contributed by atoms with Gasteiger partial charge in [-0.2, -0.15) is 4.52 Å². The van der Waals surface area contributed by atoms with Crippen LogP contribution in [0.5, 0.6) is 0 Å². The van der Waals surface area contributed by atoms with E-state index < -0.39 is 0 Å². The fraction of sp³-hybridized carbons (Fsp3) is 0. The highest BCUT2D eigenvalue weighted by atomic mass is 19.1. The van der Waals surface area contributed by atoms with Gasteiger partial charge in [0.05, 0.1) is 21.9 Å². The number of fused-ring (bicyclic) bond motifs is 7. The lowest BCUT2D eigenvalue weighted by molar-refractivity contribution is 0.640. The second-order valence-corrected chi connectivity index (χ2v) is 5.13. The lowest BCUT2D eigenvalue weighted by Crippen LogP contribution is -1.97. The van der Waals surface area contributed by atoms with E-state index in [1.165, 1.54) is 6.07 Å². The van der Waals surface area contributed by atoms with Gasteiger partial charge in [-0.05, 0) is 28.6 Å². The number of hydrogen-bond acceptors (Lipinski definition) is 4. The van der Waals surface area contributed by atoms with E-state index in [2.05, 4.69) is 15.5 Å². The molecule has 5 aromatic rings. The number of aromatic nitrogens is 5. The molecule has 0 aliphatic heterocycles. The van der Waals surface area contributed by atoms with Crippen molar-refractivity contribution in [2.45, 2.75) is 0 Å². The van der Waals surface area contributed by atoms with Crippen molar-refractivity contribution < 1.29 is 4.39 Å². The van der Waals surface area contributed by atoms with Gasteiger partial charge < -0.3 is 0 Å².